The van der Waals surface area contributed by atoms with Gasteiger partial charge < -0.3 is 47.0 Å². The van der Waals surface area contributed by atoms with Crippen molar-refractivity contribution in [3.63, 3.8) is 0 Å². The molecule has 7 atom stereocenters. The van der Waals surface area contributed by atoms with E-state index in [0.717, 1.165) is 0 Å². The van der Waals surface area contributed by atoms with Crippen molar-refractivity contribution < 1.29 is 73.6 Å². The van der Waals surface area contributed by atoms with Gasteiger partial charge in [-0.3, -0.25) is 45.2 Å². The minimum Gasteiger partial charge on any atom is -0.481 e. The maximum atomic E-state index is 12.9. The zero-order valence-electron chi connectivity index (χ0n) is 39.0. The Morgan fingerprint density at radius 1 is 0.635 bits per heavy atom. The van der Waals surface area contributed by atoms with Gasteiger partial charge in [-0.15, -0.1) is 0 Å². The van der Waals surface area contributed by atoms with Crippen LogP contribution in [-0.2, 0) is 33.6 Å². The molecule has 0 bridgehead atoms. The van der Waals surface area contributed by atoms with Crippen LogP contribution in [-0.4, -0.2) is 123 Å². The number of carboxylic acid groups (broad SMARTS) is 2. The molecule has 0 aromatic rings. The van der Waals surface area contributed by atoms with Crippen molar-refractivity contribution in [3.05, 3.63) is 0 Å². The molecule has 19 nitrogen and oxygen atoms in total. The fourth-order valence-corrected chi connectivity index (χ4v) is 5.60. The Kier molecular flexibility index (Phi) is 31.8. The number of carbonyl (C=O) groups is 7. The number of carboxylic acids is 2. The number of aliphatic hydroxyl groups is 2. The van der Waals surface area contributed by atoms with Gasteiger partial charge in [0.05, 0.1) is 37.3 Å². The molecule has 5 amide bonds. The number of guanidine groups is 1. The fourth-order valence-electron chi connectivity index (χ4n) is 5.60. The summed E-state index contributed by atoms with van der Waals surface area (Å²) in [7, 11) is 0. The Morgan fingerprint density at radius 3 is 1.46 bits per heavy atom. The van der Waals surface area contributed by atoms with Gasteiger partial charge in [0.15, 0.2) is 0 Å². The predicted octanol–water partition coefficient (Wildman–Crippen LogP) is 0.487. The van der Waals surface area contributed by atoms with E-state index in [-0.39, 0.29) is 67.1 Å². The van der Waals surface area contributed by atoms with Crippen LogP contribution in [0.25, 0.3) is 0 Å². The van der Waals surface area contributed by atoms with Crippen LogP contribution in [0.4, 0.5) is 13.2 Å². The number of carbonyl (C=O) groups excluding carboxylic acids is 5. The number of halogens is 3. The minimum absolute atomic E-state index is 0. The highest BCUT2D eigenvalue weighted by atomic mass is 19.4. The molecule has 0 saturated heterocycles. The molecule has 0 aliphatic carbocycles. The van der Waals surface area contributed by atoms with E-state index in [9.17, 15) is 52.2 Å². The fraction of sp³-hybridized carbons (Fsp3) is 0.805. The second-order valence-electron chi connectivity index (χ2n) is 17.3. The molecular weight excluding hydrogens is 837 g/mol. The number of alkyl halides is 3. The second-order valence-corrected chi connectivity index (χ2v) is 17.3. The first-order chi connectivity index (χ1) is 28.8. The number of aliphatic hydroxyl groups excluding tert-OH is 2. The summed E-state index contributed by atoms with van der Waals surface area (Å²) in [6, 6.07) is -3.37. The van der Waals surface area contributed by atoms with E-state index in [4.69, 9.17) is 26.5 Å². The Hall–Kier alpha value is -4.73. The Bertz CT molecular complexity index is 1450. The van der Waals surface area contributed by atoms with E-state index >= 15 is 0 Å². The maximum Gasteiger partial charge on any atom is 0.490 e. The third kappa shape index (κ3) is 31.7. The zero-order chi connectivity index (χ0) is 49.9. The van der Waals surface area contributed by atoms with E-state index in [1.807, 2.05) is 69.2 Å². The van der Waals surface area contributed by atoms with Gasteiger partial charge >= 0.3 is 24.1 Å². The first-order valence-corrected chi connectivity index (χ1v) is 21.3. The van der Waals surface area contributed by atoms with Gasteiger partial charge in [0.2, 0.25) is 29.5 Å². The molecule has 0 heterocycles. The average molecular weight is 918 g/mol. The molecule has 0 saturated carbocycles. The predicted molar refractivity (Wildman–Crippen MR) is 232 cm³/mol. The lowest BCUT2D eigenvalue weighted by Crippen LogP contribution is -2.78. The number of nitrogens with two attached hydrogens (primary N) is 2. The lowest BCUT2D eigenvalue weighted by molar-refractivity contribution is -0.459. The summed E-state index contributed by atoms with van der Waals surface area (Å²) < 4.78 is 31.7. The average Bonchev–Trinajstić information content (AvgIpc) is 3.11. The third-order valence-corrected chi connectivity index (χ3v) is 8.86. The number of amides is 5. The molecule has 0 aliphatic rings. The standard InChI is InChI=1S/C22H43N3O4.C17H33N5O5.C2HF3O2.H2/c1-12(2)10-17(16(9)26)23-21(28)20(15(7)8)25-22(29)19(14(5)6)24-18(27)11-13(3)4;1-4-14(24)21-11(6-5-7-20-17(18)19)16(27)22-12(8-10(2)3)13(23)9-15(25)26;3-2(4,5)1(6)7;/h12-17,19-20,26H,10-11H2,1-9H3,(H,23,28)(H,24,27)(H,25,29);10-13,23H,4-9H2,1-3H3,(H,21,24)(H,22,27)(H,25,26)(H4,18,19,20);(H,6,7);1H/p+1/t16-,17-,19-,20-;11-,12-,13-;;/m00../s1. The molecule has 63 heavy (non-hydrogen) atoms. The summed E-state index contributed by atoms with van der Waals surface area (Å²) in [5.41, 5.74) is 10.6. The van der Waals surface area contributed by atoms with Crippen LogP contribution in [0.3, 0.4) is 0 Å². The molecular formula is C41H80F3N8O11+. The Balaban J connectivity index is -0.000000482. The van der Waals surface area contributed by atoms with Gasteiger partial charge in [-0.05, 0) is 62.2 Å². The van der Waals surface area contributed by atoms with E-state index in [0.29, 0.717) is 44.6 Å². The van der Waals surface area contributed by atoms with Crippen molar-refractivity contribution in [2.75, 3.05) is 6.54 Å². The van der Waals surface area contributed by atoms with Crippen LogP contribution in [0.5, 0.6) is 0 Å². The number of rotatable bonds is 25. The van der Waals surface area contributed by atoms with Crippen LogP contribution < -0.4 is 43.0 Å². The molecule has 0 aromatic carbocycles. The highest BCUT2D eigenvalue weighted by molar-refractivity contribution is 5.92. The Morgan fingerprint density at radius 2 is 1.08 bits per heavy atom. The molecule has 22 heteroatoms. The zero-order valence-corrected chi connectivity index (χ0v) is 39.0. The van der Waals surface area contributed by atoms with Crippen LogP contribution in [0.15, 0.2) is 0 Å². The molecule has 14 N–H and O–H groups in total. The second kappa shape index (κ2) is 32.0. The Labute approximate surface area is 371 Å². The smallest absolute Gasteiger partial charge is 0.481 e. The highest BCUT2D eigenvalue weighted by Gasteiger charge is 2.38. The van der Waals surface area contributed by atoms with Crippen molar-refractivity contribution >= 4 is 47.4 Å². The lowest BCUT2D eigenvalue weighted by atomic mass is 9.96. The summed E-state index contributed by atoms with van der Waals surface area (Å²) in [6.07, 6.45) is -4.99. The molecule has 0 rings (SSSR count). The van der Waals surface area contributed by atoms with Crippen LogP contribution >= 0.6 is 0 Å². The van der Waals surface area contributed by atoms with Gasteiger partial charge in [-0.1, -0.05) is 76.2 Å². The van der Waals surface area contributed by atoms with E-state index in [1.54, 1.807) is 13.8 Å². The maximum absolute atomic E-state index is 12.9. The van der Waals surface area contributed by atoms with Gasteiger partial charge in [0.25, 0.3) is 0 Å². The highest BCUT2D eigenvalue weighted by Crippen LogP contribution is 2.15. The van der Waals surface area contributed by atoms with Crippen molar-refractivity contribution in [1.82, 2.24) is 26.6 Å². The number of hydrogen-bond acceptors (Lipinski definition) is 9. The van der Waals surface area contributed by atoms with Gasteiger partial charge in [0, 0.05) is 14.3 Å². The number of hydrogen-bond donors (Lipinski definition) is 12. The minimum atomic E-state index is -5.08. The molecule has 0 aromatic heterocycles. The van der Waals surface area contributed by atoms with Gasteiger partial charge in [-0.25, -0.2) is 4.79 Å². The van der Waals surface area contributed by atoms with Gasteiger partial charge in [0.1, 0.15) is 18.1 Å². The van der Waals surface area contributed by atoms with Crippen molar-refractivity contribution in [3.8, 4) is 0 Å². The van der Waals surface area contributed by atoms with Crippen molar-refractivity contribution in [2.45, 2.75) is 177 Å². The van der Waals surface area contributed by atoms with Crippen molar-refractivity contribution in [1.29, 1.82) is 0 Å². The first-order valence-electron chi connectivity index (χ1n) is 21.3. The summed E-state index contributed by atoms with van der Waals surface area (Å²) in [4.78, 5) is 84.8. The normalized spacial score (nSPS) is 14.6. The molecule has 0 radical (unpaired) electrons. The quantitative estimate of drug-likeness (QED) is 0.0338. The van der Waals surface area contributed by atoms with E-state index < -0.39 is 66.8 Å². The monoisotopic (exact) mass is 918 g/mol. The number of nitrogens with one attached hydrogen (secondary N) is 6. The van der Waals surface area contributed by atoms with Gasteiger partial charge in [-0.2, -0.15) is 13.2 Å². The topological polar surface area (TPSA) is 327 Å². The molecule has 0 fully saturated rings. The molecule has 0 spiro atoms. The van der Waals surface area contributed by atoms with E-state index in [1.165, 1.54) is 0 Å². The summed E-state index contributed by atoms with van der Waals surface area (Å²) in [6.45, 7) is 22.9. The summed E-state index contributed by atoms with van der Waals surface area (Å²) >= 11 is 0. The lowest BCUT2D eigenvalue weighted by Gasteiger charge is -2.30. The molecule has 0 aliphatic heterocycles. The molecule has 0 unspecified atom stereocenters. The SMILES string of the molecule is CC(C)CC(=O)N[C@H](C(=O)N[C@H](C(=O)N[C@@H](CC(C)C)[C@H](C)O)C(C)C)C(C)C.CCC(=O)N[C@@H](CCC[NH+]=C(N)N)C(=O)N[C@@H](CC(C)C)[C@@H](O)CC(=O)O.O=C(O)C(F)(F)F.[HH]. The van der Waals surface area contributed by atoms with Crippen LogP contribution in [0.1, 0.15) is 129 Å². The van der Waals surface area contributed by atoms with Crippen molar-refractivity contribution in [2.24, 2.45) is 41.1 Å². The van der Waals surface area contributed by atoms with Crippen LogP contribution in [0, 0.1) is 29.6 Å². The van der Waals surface area contributed by atoms with E-state index in [2.05, 4.69) is 31.6 Å². The van der Waals surface area contributed by atoms with Crippen LogP contribution in [0.2, 0.25) is 0 Å². The largest absolute Gasteiger partial charge is 0.490 e. The number of aliphatic carboxylic acids is 2. The summed E-state index contributed by atoms with van der Waals surface area (Å²) in [5.74, 6) is -5.07. The summed E-state index contributed by atoms with van der Waals surface area (Å²) in [5, 5.41) is 50.0. The third-order valence-electron chi connectivity index (χ3n) is 8.86. The molecule has 370 valence electrons. The first kappa shape index (κ1) is 62.6.